The van der Waals surface area contributed by atoms with Gasteiger partial charge in [0.2, 0.25) is 0 Å². The van der Waals surface area contributed by atoms with Crippen molar-refractivity contribution in [2.75, 3.05) is 0 Å². The van der Waals surface area contributed by atoms with Gasteiger partial charge in [0.05, 0.1) is 12.2 Å². The summed E-state index contributed by atoms with van der Waals surface area (Å²) >= 11 is 0. The van der Waals surface area contributed by atoms with Crippen LogP contribution in [-0.2, 0) is 23.8 Å². The number of allylic oxidation sites excluding steroid dienone is 2. The third-order valence-corrected chi connectivity index (χ3v) is 8.90. The van der Waals surface area contributed by atoms with Crippen molar-refractivity contribution in [3.63, 3.8) is 0 Å². The van der Waals surface area contributed by atoms with Crippen LogP contribution in [0, 0.1) is 22.7 Å². The van der Waals surface area contributed by atoms with Crippen LogP contribution in [0.25, 0.3) is 0 Å². The Kier molecular flexibility index (Phi) is 9.01. The predicted molar refractivity (Wildman–Crippen MR) is 145 cm³/mol. The minimum Gasteiger partial charge on any atom is -0.492 e. The first-order chi connectivity index (χ1) is 16.5. The maximum atomic E-state index is 12.4. The molecule has 36 heavy (non-hydrogen) atoms. The third-order valence-electron chi connectivity index (χ3n) is 8.90. The molecule has 1 aliphatic heterocycles. The number of carbonyl (C=O) groups excluding carboxylic acids is 2. The van der Waals surface area contributed by atoms with E-state index >= 15 is 0 Å². The van der Waals surface area contributed by atoms with Gasteiger partial charge in [0.25, 0.3) is 0 Å². The summed E-state index contributed by atoms with van der Waals surface area (Å²) in [6, 6.07) is 0. The van der Waals surface area contributed by atoms with Gasteiger partial charge in [-0.15, -0.1) is 13.2 Å². The number of carbonyl (C=O) groups is 2. The molecule has 3 aliphatic rings. The zero-order valence-corrected chi connectivity index (χ0v) is 24.1. The lowest BCUT2D eigenvalue weighted by molar-refractivity contribution is -0.197. The summed E-state index contributed by atoms with van der Waals surface area (Å²) in [5.74, 6) is 0.905. The maximum Gasteiger partial charge on any atom is 0.310 e. The van der Waals surface area contributed by atoms with E-state index in [1.165, 1.54) is 26.2 Å². The monoisotopic (exact) mass is 502 g/mol. The van der Waals surface area contributed by atoms with Crippen LogP contribution in [0.4, 0.5) is 0 Å². The number of ether oxygens (including phenoxy) is 3. The molecule has 2 aliphatic carbocycles. The van der Waals surface area contributed by atoms with Crippen LogP contribution in [0.5, 0.6) is 0 Å². The summed E-state index contributed by atoms with van der Waals surface area (Å²) in [7, 11) is 0. The second-order valence-electron chi connectivity index (χ2n) is 12.9. The Hall–Kier alpha value is -2.04. The van der Waals surface area contributed by atoms with Crippen LogP contribution in [0.2, 0.25) is 0 Å². The Morgan fingerprint density at radius 2 is 1.72 bits per heavy atom. The number of rotatable bonds is 5. The fourth-order valence-corrected chi connectivity index (χ4v) is 6.82. The Morgan fingerprint density at radius 3 is 2.25 bits per heavy atom. The molecule has 1 heterocycles. The van der Waals surface area contributed by atoms with Gasteiger partial charge in [0, 0.05) is 24.7 Å². The Bertz CT molecular complexity index is 869. The van der Waals surface area contributed by atoms with Crippen LogP contribution in [-0.4, -0.2) is 28.7 Å². The minimum absolute atomic E-state index is 0.0261. The minimum atomic E-state index is -0.888. The molecule has 0 aromatic carbocycles. The molecule has 0 radical (unpaired) electrons. The van der Waals surface area contributed by atoms with Crippen molar-refractivity contribution < 1.29 is 23.8 Å². The van der Waals surface area contributed by atoms with Crippen molar-refractivity contribution in [3.05, 3.63) is 37.6 Å². The first-order valence-electron chi connectivity index (χ1n) is 13.5. The van der Waals surface area contributed by atoms with E-state index in [1.54, 1.807) is 0 Å². The summed E-state index contributed by atoms with van der Waals surface area (Å²) in [5.41, 5.74) is -1.61. The van der Waals surface area contributed by atoms with Gasteiger partial charge in [0.1, 0.15) is 16.8 Å². The molecule has 204 valence electrons. The molecule has 3 fully saturated rings. The molecule has 0 bridgehead atoms. The van der Waals surface area contributed by atoms with E-state index in [2.05, 4.69) is 39.7 Å². The molecule has 0 amide bonds. The van der Waals surface area contributed by atoms with Crippen LogP contribution in [0.3, 0.4) is 0 Å². The van der Waals surface area contributed by atoms with Crippen molar-refractivity contribution in [3.8, 4) is 0 Å². The highest BCUT2D eigenvalue weighted by atomic mass is 16.6. The van der Waals surface area contributed by atoms with Gasteiger partial charge in [0.15, 0.2) is 0 Å². The van der Waals surface area contributed by atoms with E-state index in [0.717, 1.165) is 31.4 Å². The molecule has 0 aromatic heterocycles. The summed E-state index contributed by atoms with van der Waals surface area (Å²) < 4.78 is 17.1. The van der Waals surface area contributed by atoms with E-state index < -0.39 is 16.6 Å². The number of fused-ring (bicyclic) bond motifs is 1. The van der Waals surface area contributed by atoms with Crippen LogP contribution >= 0.6 is 0 Å². The summed E-state index contributed by atoms with van der Waals surface area (Å²) in [6.07, 6.45) is 11.5. The molecule has 2 saturated carbocycles. The predicted octanol–water partition coefficient (Wildman–Crippen LogP) is 7.70. The van der Waals surface area contributed by atoms with Gasteiger partial charge in [-0.05, 0) is 71.1 Å². The Morgan fingerprint density at radius 1 is 1.08 bits per heavy atom. The Balaban J connectivity index is 0.000000278. The molecule has 6 atom stereocenters. The molecule has 5 nitrogen and oxygen atoms in total. The second-order valence-corrected chi connectivity index (χ2v) is 12.9. The largest absolute Gasteiger partial charge is 0.492 e. The van der Waals surface area contributed by atoms with E-state index in [4.69, 9.17) is 14.2 Å². The van der Waals surface area contributed by atoms with Crippen molar-refractivity contribution in [2.24, 2.45) is 22.7 Å². The molecule has 0 aromatic rings. The van der Waals surface area contributed by atoms with Crippen molar-refractivity contribution in [1.29, 1.82) is 0 Å². The topological polar surface area (TPSA) is 61.8 Å². The highest BCUT2D eigenvalue weighted by Crippen LogP contribution is 2.56. The molecule has 5 heteroatoms. The van der Waals surface area contributed by atoms with Gasteiger partial charge in [-0.25, -0.2) is 0 Å². The zero-order chi connectivity index (χ0) is 27.6. The normalized spacial score (nSPS) is 37.9. The molecular weight excluding hydrogens is 452 g/mol. The first kappa shape index (κ1) is 30.2. The molecule has 0 spiro atoms. The van der Waals surface area contributed by atoms with E-state index in [0.29, 0.717) is 5.92 Å². The average molecular weight is 503 g/mol. The van der Waals surface area contributed by atoms with Gasteiger partial charge in [-0.3, -0.25) is 9.59 Å². The van der Waals surface area contributed by atoms with Crippen molar-refractivity contribution in [1.82, 2.24) is 0 Å². The maximum absolute atomic E-state index is 12.4. The number of esters is 2. The lowest BCUT2D eigenvalue weighted by Crippen LogP contribution is -2.57. The van der Waals surface area contributed by atoms with E-state index in [9.17, 15) is 9.59 Å². The smallest absolute Gasteiger partial charge is 0.310 e. The van der Waals surface area contributed by atoms with Crippen LogP contribution in [0.1, 0.15) is 107 Å². The standard InChI is InChI=1S/C18H30O4.C13H20O/c1-8-17(7)11-9-10-13(2)18(17,21-14(3)19)12-15(20)22-16(4,5)6;1-5-12(3)7-6-8-13(4)11(12)9-10(2)14-13/h8,13H,1,9-12H2,2-7H3;5,11H,1-2,6-9H2,3-4H3/t13-,17+,18-;11?,12-,13-/m10/s1. The SMILES string of the molecule is C=C[C@@]1(C)CCC[C@@H](C)[C@@]1(CC(=O)OC(C)(C)C)OC(C)=O.C=C[C@@]1(C)CCC[C@]2(C)OC(=C)CC12. The van der Waals surface area contributed by atoms with Gasteiger partial charge in [-0.2, -0.15) is 0 Å². The molecule has 1 unspecified atom stereocenters. The highest BCUT2D eigenvalue weighted by molar-refractivity contribution is 5.73. The fraction of sp³-hybridized carbons (Fsp3) is 0.742. The Labute approximate surface area is 219 Å². The third kappa shape index (κ3) is 6.26. The number of hydrogen-bond acceptors (Lipinski definition) is 5. The average Bonchev–Trinajstić information content (AvgIpc) is 3.06. The van der Waals surface area contributed by atoms with Gasteiger partial charge >= 0.3 is 11.9 Å². The quantitative estimate of drug-likeness (QED) is 0.285. The molecule has 0 N–H and O–H groups in total. The molecular formula is C31H50O5. The van der Waals surface area contributed by atoms with Gasteiger partial charge in [-0.1, -0.05) is 45.9 Å². The molecule has 1 saturated heterocycles. The molecule has 3 rings (SSSR count). The second kappa shape index (κ2) is 10.8. The lowest BCUT2D eigenvalue weighted by Gasteiger charge is -2.52. The lowest BCUT2D eigenvalue weighted by atomic mass is 9.58. The van der Waals surface area contributed by atoms with Crippen molar-refractivity contribution >= 4 is 11.9 Å². The zero-order valence-electron chi connectivity index (χ0n) is 24.1. The van der Waals surface area contributed by atoms with Gasteiger partial charge < -0.3 is 14.2 Å². The summed E-state index contributed by atoms with van der Waals surface area (Å²) in [5, 5.41) is 0. The van der Waals surface area contributed by atoms with Crippen molar-refractivity contribution in [2.45, 2.75) is 124 Å². The summed E-state index contributed by atoms with van der Waals surface area (Å²) in [6.45, 7) is 27.4. The van der Waals surface area contributed by atoms with E-state index in [-0.39, 0.29) is 35.3 Å². The van der Waals surface area contributed by atoms with Crippen LogP contribution in [0.15, 0.2) is 37.6 Å². The highest BCUT2D eigenvalue weighted by Gasteiger charge is 2.56. The first-order valence-corrected chi connectivity index (χ1v) is 13.5. The fourth-order valence-electron chi connectivity index (χ4n) is 6.82. The van der Waals surface area contributed by atoms with E-state index in [1.807, 2.05) is 40.7 Å². The van der Waals surface area contributed by atoms with Crippen LogP contribution < -0.4 is 0 Å². The number of hydrogen-bond donors (Lipinski definition) is 0. The summed E-state index contributed by atoms with van der Waals surface area (Å²) in [4.78, 5) is 24.1.